The van der Waals surface area contributed by atoms with Gasteiger partial charge in [0.1, 0.15) is 17.7 Å². The van der Waals surface area contributed by atoms with Crippen molar-refractivity contribution in [3.63, 3.8) is 0 Å². The van der Waals surface area contributed by atoms with Crippen molar-refractivity contribution < 1.29 is 14.3 Å². The van der Waals surface area contributed by atoms with Crippen LogP contribution in [0.2, 0.25) is 0 Å². The molecule has 2 aliphatic heterocycles. The quantitative estimate of drug-likeness (QED) is 0.246. The van der Waals surface area contributed by atoms with Crippen LogP contribution in [0, 0.1) is 11.8 Å². The van der Waals surface area contributed by atoms with Gasteiger partial charge in [-0.1, -0.05) is 36.1 Å². The highest BCUT2D eigenvalue weighted by Gasteiger charge is 2.34. The maximum atomic E-state index is 13.0. The van der Waals surface area contributed by atoms with Crippen LogP contribution < -0.4 is 10.6 Å². The van der Waals surface area contributed by atoms with Crippen LogP contribution in [0.4, 0.5) is 4.79 Å². The fourth-order valence-electron chi connectivity index (χ4n) is 5.70. The molecular weight excluding hydrogens is 542 g/mol. The van der Waals surface area contributed by atoms with Crippen molar-refractivity contribution in [1.82, 2.24) is 35.5 Å². The minimum atomic E-state index is -0.683. The summed E-state index contributed by atoms with van der Waals surface area (Å²) in [6, 6.07) is 15.7. The van der Waals surface area contributed by atoms with Gasteiger partial charge in [-0.2, -0.15) is 0 Å². The number of amides is 2. The summed E-state index contributed by atoms with van der Waals surface area (Å²) in [6.07, 6.45) is 7.04. The minimum absolute atomic E-state index is 0.157. The van der Waals surface area contributed by atoms with Crippen molar-refractivity contribution in [2.24, 2.45) is 0 Å². The zero-order valence-electron chi connectivity index (χ0n) is 24.3. The second-order valence-corrected chi connectivity index (χ2v) is 11.0. The summed E-state index contributed by atoms with van der Waals surface area (Å²) >= 11 is 0. The normalized spacial score (nSPS) is 18.6. The van der Waals surface area contributed by atoms with E-state index >= 15 is 0 Å². The van der Waals surface area contributed by atoms with Gasteiger partial charge >= 0.3 is 6.09 Å². The highest BCUT2D eigenvalue weighted by Crippen LogP contribution is 2.32. The first kappa shape index (κ1) is 28.2. The monoisotopic (exact) mass is 577 g/mol. The molecule has 4 aromatic rings. The van der Waals surface area contributed by atoms with Crippen molar-refractivity contribution in [2.45, 2.75) is 50.7 Å². The van der Waals surface area contributed by atoms with Gasteiger partial charge in [0.15, 0.2) is 0 Å². The minimum Gasteiger partial charge on any atom is -0.453 e. The van der Waals surface area contributed by atoms with E-state index in [1.807, 2.05) is 42.6 Å². The third-order valence-corrected chi connectivity index (χ3v) is 8.07. The van der Waals surface area contributed by atoms with Crippen LogP contribution in [0.1, 0.15) is 67.5 Å². The van der Waals surface area contributed by atoms with Gasteiger partial charge in [-0.05, 0) is 74.5 Å². The van der Waals surface area contributed by atoms with E-state index in [0.29, 0.717) is 12.6 Å². The molecule has 6 rings (SSSR count). The molecule has 2 aromatic carbocycles. The number of methoxy groups -OCH3 is 1. The molecule has 0 saturated carbocycles. The molecule has 43 heavy (non-hydrogen) atoms. The maximum Gasteiger partial charge on any atom is 0.407 e. The molecule has 2 amide bonds. The molecule has 0 radical (unpaired) electrons. The highest BCUT2D eigenvalue weighted by atomic mass is 16.5. The standard InChI is InChI=1S/C33H35N7O3/c1-21(37-33(42)43-2)32(41)40-18-4-6-29(40)31-36-20-28(39-31)25-15-11-23(12-16-25)8-7-22-9-13-24(14-10-22)27-19-35-30(38-27)26-5-3-17-34-26/h9-16,19-21,26,29,34H,3-6,17-18H2,1-2H3,(H,35,38)(H,36,39)(H,37,42)/t21-,26-,29-/m0/s1. The lowest BCUT2D eigenvalue weighted by Crippen LogP contribution is -2.46. The van der Waals surface area contributed by atoms with Crippen molar-refractivity contribution in [3.05, 3.63) is 83.7 Å². The number of carbonyl (C=O) groups excluding carboxylic acids is 2. The summed E-state index contributed by atoms with van der Waals surface area (Å²) in [5, 5.41) is 6.03. The summed E-state index contributed by atoms with van der Waals surface area (Å²) in [5.41, 5.74) is 5.80. The molecule has 2 aromatic heterocycles. The molecule has 0 unspecified atom stereocenters. The number of likely N-dealkylation sites (tertiary alicyclic amines) is 1. The molecule has 4 N–H and O–H groups in total. The number of ether oxygens (including phenoxy) is 1. The second kappa shape index (κ2) is 12.5. The summed E-state index contributed by atoms with van der Waals surface area (Å²) in [6.45, 7) is 3.32. The van der Waals surface area contributed by atoms with E-state index in [0.717, 1.165) is 71.1 Å². The molecule has 10 heteroatoms. The van der Waals surface area contributed by atoms with E-state index in [-0.39, 0.29) is 11.9 Å². The first-order valence-electron chi connectivity index (χ1n) is 14.7. The molecule has 2 fully saturated rings. The van der Waals surface area contributed by atoms with Gasteiger partial charge in [-0.25, -0.2) is 14.8 Å². The van der Waals surface area contributed by atoms with Gasteiger partial charge in [0, 0.05) is 17.7 Å². The van der Waals surface area contributed by atoms with Crippen molar-refractivity contribution >= 4 is 12.0 Å². The van der Waals surface area contributed by atoms with Crippen LogP contribution in [-0.4, -0.2) is 63.1 Å². The Labute approximate surface area is 250 Å². The molecule has 0 aliphatic carbocycles. The molecular formula is C33H35N7O3. The van der Waals surface area contributed by atoms with Gasteiger partial charge < -0.3 is 30.2 Å². The first-order chi connectivity index (χ1) is 21.0. The van der Waals surface area contributed by atoms with Gasteiger partial charge in [-0.3, -0.25) is 4.79 Å². The molecule has 220 valence electrons. The molecule has 2 aliphatic rings. The van der Waals surface area contributed by atoms with E-state index in [9.17, 15) is 9.59 Å². The Morgan fingerprint density at radius 2 is 1.51 bits per heavy atom. The fraction of sp³-hybridized carbons (Fsp3) is 0.333. The molecule has 10 nitrogen and oxygen atoms in total. The Balaban J connectivity index is 1.08. The molecule has 0 spiro atoms. The molecule has 3 atom stereocenters. The Bertz CT molecular complexity index is 1640. The number of imidazole rings is 2. The van der Waals surface area contributed by atoms with E-state index in [4.69, 9.17) is 0 Å². The first-order valence-corrected chi connectivity index (χ1v) is 14.7. The Kier molecular flexibility index (Phi) is 8.24. The number of aromatic amines is 2. The average molecular weight is 578 g/mol. The molecule has 2 saturated heterocycles. The number of alkyl carbamates (subject to hydrolysis) is 1. The van der Waals surface area contributed by atoms with Crippen LogP contribution in [0.3, 0.4) is 0 Å². The lowest BCUT2D eigenvalue weighted by molar-refractivity contribution is -0.134. The molecule has 0 bridgehead atoms. The fourth-order valence-corrected chi connectivity index (χ4v) is 5.70. The van der Waals surface area contributed by atoms with Crippen molar-refractivity contribution in [2.75, 3.05) is 20.2 Å². The SMILES string of the molecule is COC(=O)N[C@@H](C)C(=O)N1CCC[C@H]1c1ncc(-c2ccc(C#Cc3ccc(-c4cnc([C@@H]5CCCN5)[nH]4)cc3)cc2)[nH]1. The number of carbonyl (C=O) groups is 2. The number of nitrogens with zero attached hydrogens (tertiary/aromatic N) is 3. The van der Waals surface area contributed by atoms with Crippen LogP contribution >= 0.6 is 0 Å². The topological polar surface area (TPSA) is 128 Å². The number of H-pyrrole nitrogens is 2. The van der Waals surface area contributed by atoms with E-state index < -0.39 is 12.1 Å². The van der Waals surface area contributed by atoms with E-state index in [2.05, 4.69) is 59.3 Å². The molecule has 4 heterocycles. The van der Waals surface area contributed by atoms with Crippen LogP contribution in [0.15, 0.2) is 60.9 Å². The van der Waals surface area contributed by atoms with E-state index in [1.165, 1.54) is 13.5 Å². The predicted octanol–water partition coefficient (Wildman–Crippen LogP) is 4.70. The zero-order valence-corrected chi connectivity index (χ0v) is 24.3. The van der Waals surface area contributed by atoms with Gasteiger partial charge in [0.2, 0.25) is 5.91 Å². The average Bonchev–Trinajstić information content (AvgIpc) is 3.86. The number of hydrogen-bond donors (Lipinski definition) is 4. The second-order valence-electron chi connectivity index (χ2n) is 11.0. The van der Waals surface area contributed by atoms with Crippen LogP contribution in [-0.2, 0) is 9.53 Å². The Hall–Kier alpha value is -4.88. The number of rotatable bonds is 6. The number of aromatic nitrogens is 4. The smallest absolute Gasteiger partial charge is 0.407 e. The highest BCUT2D eigenvalue weighted by molar-refractivity contribution is 5.85. The number of benzene rings is 2. The zero-order chi connectivity index (χ0) is 29.8. The predicted molar refractivity (Wildman–Crippen MR) is 163 cm³/mol. The van der Waals surface area contributed by atoms with Crippen molar-refractivity contribution in [3.8, 4) is 34.4 Å². The summed E-state index contributed by atoms with van der Waals surface area (Å²) in [7, 11) is 1.28. The van der Waals surface area contributed by atoms with Gasteiger partial charge in [-0.15, -0.1) is 0 Å². The summed E-state index contributed by atoms with van der Waals surface area (Å²) in [5.74, 6) is 8.08. The largest absolute Gasteiger partial charge is 0.453 e. The number of nitrogens with one attached hydrogen (secondary N) is 4. The summed E-state index contributed by atoms with van der Waals surface area (Å²) in [4.78, 5) is 42.3. The van der Waals surface area contributed by atoms with Gasteiger partial charge in [0.05, 0.1) is 43.0 Å². The number of hydrogen-bond acceptors (Lipinski definition) is 6. The van der Waals surface area contributed by atoms with Crippen LogP contribution in [0.5, 0.6) is 0 Å². The Morgan fingerprint density at radius 3 is 2.09 bits per heavy atom. The van der Waals surface area contributed by atoms with Crippen LogP contribution in [0.25, 0.3) is 22.5 Å². The lowest BCUT2D eigenvalue weighted by Gasteiger charge is -2.26. The third-order valence-electron chi connectivity index (χ3n) is 8.07. The van der Waals surface area contributed by atoms with Gasteiger partial charge in [0.25, 0.3) is 0 Å². The Morgan fingerprint density at radius 1 is 0.907 bits per heavy atom. The summed E-state index contributed by atoms with van der Waals surface area (Å²) < 4.78 is 4.62. The third kappa shape index (κ3) is 6.32. The lowest BCUT2D eigenvalue weighted by atomic mass is 10.1. The van der Waals surface area contributed by atoms with E-state index in [1.54, 1.807) is 18.0 Å². The van der Waals surface area contributed by atoms with Crippen molar-refractivity contribution in [1.29, 1.82) is 0 Å². The maximum absolute atomic E-state index is 13.0.